The van der Waals surface area contributed by atoms with Crippen molar-refractivity contribution >= 4 is 23.3 Å². The van der Waals surface area contributed by atoms with Crippen LogP contribution in [0.2, 0.25) is 0 Å². The molecule has 0 amide bonds. The number of aromatic nitrogens is 3. The fourth-order valence-electron chi connectivity index (χ4n) is 4.55. The zero-order valence-electron chi connectivity index (χ0n) is 20.5. The van der Waals surface area contributed by atoms with Crippen LogP contribution in [0.1, 0.15) is 47.8 Å². The highest BCUT2D eigenvalue weighted by atomic mass is 19.4. The summed E-state index contributed by atoms with van der Waals surface area (Å²) in [5.74, 6) is -1.37. The van der Waals surface area contributed by atoms with Crippen molar-refractivity contribution in [2.24, 2.45) is 5.41 Å². The monoisotopic (exact) mass is 552 g/mol. The van der Waals surface area contributed by atoms with Crippen LogP contribution >= 0.6 is 0 Å². The van der Waals surface area contributed by atoms with Gasteiger partial charge in [0.1, 0.15) is 11.5 Å². The molecule has 1 atom stereocenters. The molecule has 13 heteroatoms. The van der Waals surface area contributed by atoms with Crippen LogP contribution in [0.25, 0.3) is 11.3 Å². The van der Waals surface area contributed by atoms with Crippen molar-refractivity contribution in [3.63, 3.8) is 0 Å². The molecule has 4 rings (SSSR count). The Labute approximate surface area is 218 Å². The number of alkyl halides is 6. The second-order valence-electron chi connectivity index (χ2n) is 9.10. The number of Topliss-reactive ketones (excluding diaryl/α,β-unsaturated/α-hetero) is 1. The van der Waals surface area contributed by atoms with Crippen molar-refractivity contribution in [3.8, 4) is 11.3 Å². The molecule has 3 aromatic rings. The minimum atomic E-state index is -4.65. The Morgan fingerprint density at radius 1 is 1.03 bits per heavy atom. The number of carbonyl (C=O) groups excluding carboxylic acids is 2. The summed E-state index contributed by atoms with van der Waals surface area (Å²) in [6, 6.07) is 6.62. The molecule has 1 unspecified atom stereocenters. The molecule has 0 saturated heterocycles. The molecule has 0 aliphatic heterocycles. The second-order valence-corrected chi connectivity index (χ2v) is 9.10. The van der Waals surface area contributed by atoms with Gasteiger partial charge in [-0.05, 0) is 43.5 Å². The lowest BCUT2D eigenvalue weighted by Crippen LogP contribution is -2.42. The molecule has 1 N–H and O–H groups in total. The van der Waals surface area contributed by atoms with Crippen LogP contribution in [0, 0.1) is 5.41 Å². The summed E-state index contributed by atoms with van der Waals surface area (Å²) in [6.45, 7) is 1.52. The van der Waals surface area contributed by atoms with E-state index in [1.54, 1.807) is 6.07 Å². The van der Waals surface area contributed by atoms with Gasteiger partial charge in [0.15, 0.2) is 5.78 Å². The summed E-state index contributed by atoms with van der Waals surface area (Å²) in [4.78, 5) is 37.2. The molecule has 0 bridgehead atoms. The number of ketones is 1. The molecule has 2 heterocycles. The van der Waals surface area contributed by atoms with Gasteiger partial charge in [-0.15, -0.1) is 0 Å². The van der Waals surface area contributed by atoms with Gasteiger partial charge in [0.05, 0.1) is 54.8 Å². The van der Waals surface area contributed by atoms with Crippen molar-refractivity contribution in [1.29, 1.82) is 0 Å². The van der Waals surface area contributed by atoms with Crippen molar-refractivity contribution in [2.75, 3.05) is 11.9 Å². The Morgan fingerprint density at radius 3 is 2.38 bits per heavy atom. The fraction of sp³-hybridized carbons (Fsp3) is 0.346. The number of ether oxygens (including phenoxy) is 1. The Kier molecular flexibility index (Phi) is 7.62. The van der Waals surface area contributed by atoms with E-state index in [0.717, 1.165) is 12.3 Å². The van der Waals surface area contributed by atoms with Gasteiger partial charge >= 0.3 is 18.3 Å². The number of pyridine rings is 1. The van der Waals surface area contributed by atoms with Crippen molar-refractivity contribution in [3.05, 3.63) is 65.7 Å². The summed E-state index contributed by atoms with van der Waals surface area (Å²) in [7, 11) is 0. The Balaban J connectivity index is 1.53. The van der Waals surface area contributed by atoms with Crippen LogP contribution in [-0.4, -0.2) is 39.5 Å². The molecule has 1 aliphatic rings. The molecule has 39 heavy (non-hydrogen) atoms. The average molecular weight is 552 g/mol. The number of hydrogen-bond donors (Lipinski definition) is 1. The summed E-state index contributed by atoms with van der Waals surface area (Å²) >= 11 is 0. The maximum Gasteiger partial charge on any atom is 0.433 e. The first-order valence-corrected chi connectivity index (χ1v) is 11.8. The first kappa shape index (κ1) is 28.0. The summed E-state index contributed by atoms with van der Waals surface area (Å²) in [6.07, 6.45) is -7.55. The second kappa shape index (κ2) is 10.6. The van der Waals surface area contributed by atoms with E-state index in [1.165, 1.54) is 37.5 Å². The smallest absolute Gasteiger partial charge is 0.433 e. The van der Waals surface area contributed by atoms with Crippen molar-refractivity contribution in [1.82, 2.24) is 15.0 Å². The molecule has 2 aromatic heterocycles. The van der Waals surface area contributed by atoms with Gasteiger partial charge in [0, 0.05) is 11.1 Å². The van der Waals surface area contributed by atoms with Crippen LogP contribution in [-0.2, 0) is 22.1 Å². The maximum absolute atomic E-state index is 13.4. The van der Waals surface area contributed by atoms with E-state index in [4.69, 9.17) is 4.74 Å². The number of anilines is 2. The third-order valence-corrected chi connectivity index (χ3v) is 6.31. The number of rotatable bonds is 7. The standard InChI is InChI=1S/C26H22F6N4O3/c1-2-39-22(37)10-24(14-25(27,28)29)8-7-15-9-16(3-5-18(15)23(24)38)19-12-35-21(13-33-19)36-17-4-6-20(34-11-17)26(30,31)32/h3-6,9,11-13H,2,7-8,10,14H2,1H3,(H,35,36). The highest BCUT2D eigenvalue weighted by Gasteiger charge is 2.51. The first-order valence-electron chi connectivity index (χ1n) is 11.8. The zero-order valence-corrected chi connectivity index (χ0v) is 20.5. The molecule has 0 spiro atoms. The molecular weight excluding hydrogens is 530 g/mol. The maximum atomic E-state index is 13.4. The van der Waals surface area contributed by atoms with Crippen molar-refractivity contribution < 1.29 is 40.7 Å². The molecule has 0 fully saturated rings. The van der Waals surface area contributed by atoms with Crippen LogP contribution in [0.15, 0.2) is 48.9 Å². The number of carbonyl (C=O) groups is 2. The Hall–Kier alpha value is -4.03. The van der Waals surface area contributed by atoms with E-state index >= 15 is 0 Å². The van der Waals surface area contributed by atoms with Crippen molar-refractivity contribution in [2.45, 2.75) is 45.0 Å². The van der Waals surface area contributed by atoms with E-state index in [9.17, 15) is 35.9 Å². The molecule has 206 valence electrons. The summed E-state index contributed by atoms with van der Waals surface area (Å²) < 4.78 is 83.1. The topological polar surface area (TPSA) is 94.1 Å². The largest absolute Gasteiger partial charge is 0.466 e. The van der Waals surface area contributed by atoms with Gasteiger partial charge in [-0.3, -0.25) is 14.6 Å². The molecular formula is C26H22F6N4O3. The predicted octanol–water partition coefficient (Wildman–Crippen LogP) is 6.32. The van der Waals surface area contributed by atoms with Gasteiger partial charge in [0.25, 0.3) is 0 Å². The van der Waals surface area contributed by atoms with E-state index in [2.05, 4.69) is 20.3 Å². The highest BCUT2D eigenvalue weighted by Crippen LogP contribution is 2.46. The lowest BCUT2D eigenvalue weighted by atomic mass is 9.66. The Bertz CT molecular complexity index is 1360. The molecule has 1 aliphatic carbocycles. The number of benzene rings is 1. The number of nitrogens with zero attached hydrogens (tertiary/aromatic N) is 3. The third kappa shape index (κ3) is 6.52. The average Bonchev–Trinajstić information content (AvgIpc) is 2.86. The number of aryl methyl sites for hydroxylation is 1. The van der Waals surface area contributed by atoms with E-state index in [1.807, 2.05) is 0 Å². The minimum absolute atomic E-state index is 0.00829. The van der Waals surface area contributed by atoms with E-state index < -0.39 is 48.1 Å². The SMILES string of the molecule is CCOC(=O)CC1(CC(F)(F)F)CCc2cc(-c3cnc(Nc4ccc(C(F)(F)F)nc4)cn3)ccc2C1=O. The number of halogens is 6. The Morgan fingerprint density at radius 2 is 1.79 bits per heavy atom. The zero-order chi connectivity index (χ0) is 28.4. The van der Waals surface area contributed by atoms with Crippen LogP contribution in [0.4, 0.5) is 37.8 Å². The minimum Gasteiger partial charge on any atom is -0.466 e. The molecule has 1 aromatic carbocycles. The summed E-state index contributed by atoms with van der Waals surface area (Å²) in [5.41, 5.74) is -1.09. The van der Waals surface area contributed by atoms with Crippen LogP contribution in [0.3, 0.4) is 0 Å². The first-order chi connectivity index (χ1) is 18.3. The predicted molar refractivity (Wildman–Crippen MR) is 127 cm³/mol. The van der Waals surface area contributed by atoms with Gasteiger partial charge in [-0.1, -0.05) is 12.1 Å². The van der Waals surface area contributed by atoms with Gasteiger partial charge in [-0.25, -0.2) is 9.97 Å². The molecule has 0 radical (unpaired) electrons. The van der Waals surface area contributed by atoms with Crippen LogP contribution in [0.5, 0.6) is 0 Å². The van der Waals surface area contributed by atoms with E-state index in [-0.39, 0.29) is 36.5 Å². The number of fused-ring (bicyclic) bond motifs is 1. The van der Waals surface area contributed by atoms with E-state index in [0.29, 0.717) is 16.8 Å². The lowest BCUT2D eigenvalue weighted by molar-refractivity contribution is -0.162. The van der Waals surface area contributed by atoms with Gasteiger partial charge < -0.3 is 10.1 Å². The fourth-order valence-corrected chi connectivity index (χ4v) is 4.55. The highest BCUT2D eigenvalue weighted by molar-refractivity contribution is 6.04. The summed E-state index contributed by atoms with van der Waals surface area (Å²) in [5, 5.41) is 2.79. The van der Waals surface area contributed by atoms with Gasteiger partial charge in [-0.2, -0.15) is 26.3 Å². The normalized spacial score (nSPS) is 17.5. The van der Waals surface area contributed by atoms with Crippen LogP contribution < -0.4 is 5.32 Å². The lowest BCUT2D eigenvalue weighted by Gasteiger charge is -2.36. The number of esters is 1. The quantitative estimate of drug-likeness (QED) is 0.271. The molecule has 0 saturated carbocycles. The molecule has 7 nitrogen and oxygen atoms in total. The number of hydrogen-bond acceptors (Lipinski definition) is 7. The number of nitrogens with one attached hydrogen (secondary N) is 1. The van der Waals surface area contributed by atoms with Gasteiger partial charge in [0.2, 0.25) is 0 Å². The third-order valence-electron chi connectivity index (χ3n) is 6.31.